The molecule has 2 aliphatic heterocycles. The van der Waals surface area contributed by atoms with Gasteiger partial charge in [-0.05, 0) is 12.8 Å². The molecular weight excluding hydrogens is 216 g/mol. The van der Waals surface area contributed by atoms with Gasteiger partial charge in [-0.15, -0.1) is 0 Å². The van der Waals surface area contributed by atoms with Gasteiger partial charge in [-0.3, -0.25) is 9.69 Å². The van der Waals surface area contributed by atoms with Crippen molar-refractivity contribution >= 4 is 5.97 Å². The van der Waals surface area contributed by atoms with E-state index < -0.39 is 0 Å². The molecule has 2 saturated heterocycles. The predicted octanol–water partition coefficient (Wildman–Crippen LogP) is 0.964. The first-order chi connectivity index (χ1) is 8.06. The Morgan fingerprint density at radius 2 is 1.94 bits per heavy atom. The van der Waals surface area contributed by atoms with Gasteiger partial charge in [0.05, 0.1) is 0 Å². The monoisotopic (exact) mass is 240 g/mol. The minimum absolute atomic E-state index is 0.0187. The van der Waals surface area contributed by atoms with Gasteiger partial charge in [-0.25, -0.2) is 0 Å². The van der Waals surface area contributed by atoms with Crippen molar-refractivity contribution in [1.82, 2.24) is 9.80 Å². The summed E-state index contributed by atoms with van der Waals surface area (Å²) in [5.41, 5.74) is 0. The maximum absolute atomic E-state index is 11.7. The number of hydrogen-bond donors (Lipinski definition) is 0. The topological polar surface area (TPSA) is 32.8 Å². The summed E-state index contributed by atoms with van der Waals surface area (Å²) in [6, 6.07) is 0.0196. The summed E-state index contributed by atoms with van der Waals surface area (Å²) in [6.45, 7) is 11.8. The Balaban J connectivity index is 1.81. The molecule has 4 heteroatoms. The molecule has 0 saturated carbocycles. The molecule has 17 heavy (non-hydrogen) atoms. The average Bonchev–Trinajstić information content (AvgIpc) is 2.58. The largest absolute Gasteiger partial charge is 0.461 e. The number of rotatable bonds is 3. The number of carbonyl (C=O) groups is 1. The molecule has 98 valence electrons. The van der Waals surface area contributed by atoms with Crippen LogP contribution in [0.1, 0.15) is 27.2 Å². The van der Waals surface area contributed by atoms with E-state index in [0.29, 0.717) is 0 Å². The van der Waals surface area contributed by atoms with Crippen molar-refractivity contribution < 1.29 is 9.53 Å². The van der Waals surface area contributed by atoms with Crippen LogP contribution in [0.2, 0.25) is 0 Å². The van der Waals surface area contributed by atoms with Gasteiger partial charge >= 0.3 is 5.97 Å². The molecule has 0 bridgehead atoms. The zero-order valence-corrected chi connectivity index (χ0v) is 11.2. The van der Waals surface area contributed by atoms with E-state index in [1.807, 2.05) is 6.92 Å². The smallest absolute Gasteiger partial charge is 0.323 e. The van der Waals surface area contributed by atoms with Gasteiger partial charge < -0.3 is 9.64 Å². The number of cyclic esters (lactones) is 1. The van der Waals surface area contributed by atoms with Crippen LogP contribution in [-0.4, -0.2) is 60.6 Å². The fourth-order valence-electron chi connectivity index (χ4n) is 2.81. The maximum atomic E-state index is 11.7. The normalized spacial score (nSPS) is 32.1. The van der Waals surface area contributed by atoms with Crippen molar-refractivity contribution in [1.29, 1.82) is 0 Å². The third kappa shape index (κ3) is 3.19. The second-order valence-electron chi connectivity index (χ2n) is 5.73. The van der Waals surface area contributed by atoms with Crippen molar-refractivity contribution in [3.63, 3.8) is 0 Å². The number of carbonyl (C=O) groups excluding carboxylic acids is 1. The molecular formula is C13H24N2O2. The average molecular weight is 240 g/mol. The van der Waals surface area contributed by atoms with Crippen LogP contribution >= 0.6 is 0 Å². The van der Waals surface area contributed by atoms with Crippen LogP contribution in [0.3, 0.4) is 0 Å². The zero-order chi connectivity index (χ0) is 12.4. The van der Waals surface area contributed by atoms with E-state index in [1.165, 1.54) is 6.54 Å². The van der Waals surface area contributed by atoms with E-state index in [4.69, 9.17) is 4.74 Å². The molecule has 0 aromatic heterocycles. The quantitative estimate of drug-likeness (QED) is 0.688. The van der Waals surface area contributed by atoms with Gasteiger partial charge in [-0.1, -0.05) is 13.8 Å². The molecule has 0 aromatic carbocycles. The lowest BCUT2D eigenvalue weighted by atomic mass is 10.1. The summed E-state index contributed by atoms with van der Waals surface area (Å²) in [5, 5.41) is 0. The van der Waals surface area contributed by atoms with Crippen LogP contribution in [0.4, 0.5) is 0 Å². The lowest BCUT2D eigenvalue weighted by Gasteiger charge is -2.37. The molecule has 2 rings (SSSR count). The van der Waals surface area contributed by atoms with Gasteiger partial charge in [-0.2, -0.15) is 0 Å². The molecule has 2 aliphatic rings. The van der Waals surface area contributed by atoms with Gasteiger partial charge in [0.1, 0.15) is 12.1 Å². The van der Waals surface area contributed by atoms with Crippen molar-refractivity contribution in [2.75, 3.05) is 32.7 Å². The Labute approximate surface area is 104 Å². The van der Waals surface area contributed by atoms with Crippen molar-refractivity contribution in [3.05, 3.63) is 0 Å². The van der Waals surface area contributed by atoms with Crippen LogP contribution in [-0.2, 0) is 9.53 Å². The summed E-state index contributed by atoms with van der Waals surface area (Å²) < 4.78 is 5.22. The molecule has 2 heterocycles. The summed E-state index contributed by atoms with van der Waals surface area (Å²) in [5.74, 6) is 0.702. The summed E-state index contributed by atoms with van der Waals surface area (Å²) >= 11 is 0. The van der Waals surface area contributed by atoms with Crippen LogP contribution in [0.15, 0.2) is 0 Å². The number of esters is 1. The second kappa shape index (κ2) is 5.36. The van der Waals surface area contributed by atoms with Crippen molar-refractivity contribution in [3.8, 4) is 0 Å². The maximum Gasteiger partial charge on any atom is 0.323 e. The molecule has 0 aromatic rings. The van der Waals surface area contributed by atoms with Crippen molar-refractivity contribution in [2.45, 2.75) is 39.3 Å². The number of hydrogen-bond acceptors (Lipinski definition) is 4. The lowest BCUT2D eigenvalue weighted by Crippen LogP contribution is -2.52. The molecule has 4 nitrogen and oxygen atoms in total. The summed E-state index contributed by atoms with van der Waals surface area (Å²) in [7, 11) is 0. The first kappa shape index (κ1) is 12.8. The SMILES string of the molecule is CC(C)CN1CCN(C2CC(C)OC2=O)CC1. The highest BCUT2D eigenvalue weighted by molar-refractivity contribution is 5.78. The highest BCUT2D eigenvalue weighted by Crippen LogP contribution is 2.21. The molecule has 0 radical (unpaired) electrons. The first-order valence-electron chi connectivity index (χ1n) is 6.73. The Hall–Kier alpha value is -0.610. The molecule has 0 amide bonds. The van der Waals surface area contributed by atoms with E-state index in [1.54, 1.807) is 0 Å². The Morgan fingerprint density at radius 3 is 2.41 bits per heavy atom. The summed E-state index contributed by atoms with van der Waals surface area (Å²) in [4.78, 5) is 16.5. The third-order valence-electron chi connectivity index (χ3n) is 3.62. The molecule has 0 aliphatic carbocycles. The van der Waals surface area contributed by atoms with Gasteiger partial charge in [0, 0.05) is 39.1 Å². The molecule has 0 spiro atoms. The minimum Gasteiger partial charge on any atom is -0.461 e. The molecule has 2 fully saturated rings. The standard InChI is InChI=1S/C13H24N2O2/c1-10(2)9-14-4-6-15(7-5-14)12-8-11(3)17-13(12)16/h10-12H,4-9H2,1-3H3. The first-order valence-corrected chi connectivity index (χ1v) is 6.73. The zero-order valence-electron chi connectivity index (χ0n) is 11.2. The van der Waals surface area contributed by atoms with Crippen LogP contribution in [0.5, 0.6) is 0 Å². The fourth-order valence-corrected chi connectivity index (χ4v) is 2.81. The Morgan fingerprint density at radius 1 is 1.29 bits per heavy atom. The lowest BCUT2D eigenvalue weighted by molar-refractivity contribution is -0.145. The number of nitrogens with zero attached hydrogens (tertiary/aromatic N) is 2. The summed E-state index contributed by atoms with van der Waals surface area (Å²) in [6.07, 6.45) is 0.962. The Bertz CT molecular complexity index is 273. The number of piperazine rings is 1. The van der Waals surface area contributed by atoms with Gasteiger partial charge in [0.25, 0.3) is 0 Å². The second-order valence-corrected chi connectivity index (χ2v) is 5.73. The Kier molecular flexibility index (Phi) is 4.05. The highest BCUT2D eigenvalue weighted by Gasteiger charge is 2.37. The molecule has 2 unspecified atom stereocenters. The number of ether oxygens (including phenoxy) is 1. The van der Waals surface area contributed by atoms with Gasteiger partial charge in [0.15, 0.2) is 0 Å². The molecule has 0 N–H and O–H groups in total. The predicted molar refractivity (Wildman–Crippen MR) is 66.8 cm³/mol. The van der Waals surface area contributed by atoms with Crippen LogP contribution in [0, 0.1) is 5.92 Å². The van der Waals surface area contributed by atoms with E-state index in [2.05, 4.69) is 23.6 Å². The van der Waals surface area contributed by atoms with Crippen molar-refractivity contribution in [2.24, 2.45) is 5.92 Å². The van der Waals surface area contributed by atoms with Crippen LogP contribution in [0.25, 0.3) is 0 Å². The van der Waals surface area contributed by atoms with E-state index in [9.17, 15) is 4.79 Å². The van der Waals surface area contributed by atoms with E-state index in [0.717, 1.165) is 38.5 Å². The fraction of sp³-hybridized carbons (Fsp3) is 0.923. The third-order valence-corrected chi connectivity index (χ3v) is 3.62. The van der Waals surface area contributed by atoms with Crippen LogP contribution < -0.4 is 0 Å². The van der Waals surface area contributed by atoms with E-state index >= 15 is 0 Å². The molecule has 2 atom stereocenters. The highest BCUT2D eigenvalue weighted by atomic mass is 16.6. The minimum atomic E-state index is -0.0187. The van der Waals surface area contributed by atoms with E-state index in [-0.39, 0.29) is 18.1 Å². The van der Waals surface area contributed by atoms with Gasteiger partial charge in [0.2, 0.25) is 0 Å².